The molecule has 0 aromatic heterocycles. The fourth-order valence-electron chi connectivity index (χ4n) is 7.95. The van der Waals surface area contributed by atoms with Gasteiger partial charge < -0.3 is 9.80 Å². The van der Waals surface area contributed by atoms with Gasteiger partial charge in [0, 0.05) is 95.1 Å². The predicted molar refractivity (Wildman–Crippen MR) is 186 cm³/mol. The van der Waals surface area contributed by atoms with Gasteiger partial charge in [-0.05, 0) is 60.7 Å². The first-order valence-electron chi connectivity index (χ1n) is 16.6. The lowest BCUT2D eigenvalue weighted by molar-refractivity contribution is 0.0635. The van der Waals surface area contributed by atoms with Gasteiger partial charge in [0.25, 0.3) is 23.6 Å². The van der Waals surface area contributed by atoms with Gasteiger partial charge in [0.15, 0.2) is 0 Å². The Bertz CT molecular complexity index is 1970. The van der Waals surface area contributed by atoms with E-state index in [-0.39, 0.29) is 23.6 Å². The van der Waals surface area contributed by atoms with Crippen LogP contribution in [0.4, 0.5) is 11.4 Å². The fourth-order valence-corrected chi connectivity index (χ4v) is 7.95. The number of fused-ring (bicyclic) bond motifs is 2. The first-order valence-corrected chi connectivity index (χ1v) is 16.6. The molecule has 0 unspecified atom stereocenters. The molecule has 7 rings (SSSR count). The molecule has 236 valence electrons. The Kier molecular flexibility index (Phi) is 7.14. The van der Waals surface area contributed by atoms with E-state index in [1.807, 2.05) is 36.4 Å². The standard InChI is InChI=1S/C38H40N4O4/c1-7-15-41(16-8-2)27-19-25-29-23(35(43)39(5)37(25)45)14-12-22-32-28(42(17-9-3)18-10-4)20-26-30-24(36(44)40(6)38(26)46)13-11-21(34(30)32)31(27)33(22)29/h11-14,19-20H,7-10,15-18H2,1-6H3. The molecule has 46 heavy (non-hydrogen) atoms. The summed E-state index contributed by atoms with van der Waals surface area (Å²) in [5.74, 6) is -1.22. The molecule has 0 spiro atoms. The highest BCUT2D eigenvalue weighted by atomic mass is 16.2. The van der Waals surface area contributed by atoms with E-state index < -0.39 is 0 Å². The average Bonchev–Trinajstić information content (AvgIpc) is 3.06. The summed E-state index contributed by atoms with van der Waals surface area (Å²) in [6.07, 6.45) is 3.68. The second kappa shape index (κ2) is 11.0. The number of amides is 4. The van der Waals surface area contributed by atoms with Crippen molar-refractivity contribution in [1.29, 1.82) is 0 Å². The SMILES string of the molecule is CCCN(CCC)c1cc2c3c(ccc4c5c(N(CCC)CCC)cc6c7c(ccc(c1c34)c75)C(=O)N(C)C6=O)C(=O)N(C)C2=O. The van der Waals surface area contributed by atoms with Crippen LogP contribution in [-0.4, -0.2) is 73.7 Å². The predicted octanol–water partition coefficient (Wildman–Crippen LogP) is 7.44. The largest absolute Gasteiger partial charge is 0.371 e. The minimum atomic E-state index is -0.309. The summed E-state index contributed by atoms with van der Waals surface area (Å²) in [5, 5.41) is 6.94. The molecule has 4 amide bonds. The Hall–Kier alpha value is -4.72. The third-order valence-electron chi connectivity index (χ3n) is 9.86. The molecule has 0 atom stereocenters. The van der Waals surface area contributed by atoms with Gasteiger partial charge in [0.05, 0.1) is 11.1 Å². The van der Waals surface area contributed by atoms with Gasteiger partial charge in [0.2, 0.25) is 0 Å². The highest BCUT2D eigenvalue weighted by Gasteiger charge is 2.37. The molecular formula is C38H40N4O4. The zero-order valence-corrected chi connectivity index (χ0v) is 27.5. The summed E-state index contributed by atoms with van der Waals surface area (Å²) in [6.45, 7) is 11.8. The molecule has 0 saturated heterocycles. The van der Waals surface area contributed by atoms with Gasteiger partial charge in [-0.1, -0.05) is 39.8 Å². The Balaban J connectivity index is 1.80. The second-order valence-corrected chi connectivity index (χ2v) is 12.8. The van der Waals surface area contributed by atoms with E-state index in [4.69, 9.17) is 0 Å². The molecule has 0 N–H and O–H groups in total. The summed E-state index contributed by atoms with van der Waals surface area (Å²) >= 11 is 0. The Morgan fingerprint density at radius 1 is 0.457 bits per heavy atom. The number of hydrogen-bond acceptors (Lipinski definition) is 6. The van der Waals surface area contributed by atoms with Crippen LogP contribution >= 0.6 is 0 Å². The van der Waals surface area contributed by atoms with Crippen molar-refractivity contribution in [2.24, 2.45) is 0 Å². The summed E-state index contributed by atoms with van der Waals surface area (Å²) in [4.78, 5) is 62.0. The summed E-state index contributed by atoms with van der Waals surface area (Å²) < 4.78 is 0. The molecule has 8 heteroatoms. The van der Waals surface area contributed by atoms with Crippen LogP contribution in [0.15, 0.2) is 36.4 Å². The van der Waals surface area contributed by atoms with E-state index in [0.717, 1.165) is 95.6 Å². The average molecular weight is 617 g/mol. The van der Waals surface area contributed by atoms with Gasteiger partial charge in [-0.25, -0.2) is 0 Å². The maximum atomic E-state index is 13.9. The van der Waals surface area contributed by atoms with Crippen LogP contribution in [0.25, 0.3) is 43.1 Å². The van der Waals surface area contributed by atoms with Crippen LogP contribution in [0, 0.1) is 0 Å². The number of anilines is 2. The van der Waals surface area contributed by atoms with Crippen molar-refractivity contribution in [3.63, 3.8) is 0 Å². The lowest BCUT2D eigenvalue weighted by Crippen LogP contribution is -2.37. The first-order chi connectivity index (χ1) is 22.2. The number of rotatable bonds is 10. The molecule has 2 aliphatic heterocycles. The van der Waals surface area contributed by atoms with Crippen molar-refractivity contribution < 1.29 is 19.2 Å². The minimum Gasteiger partial charge on any atom is -0.371 e. The molecule has 2 aliphatic rings. The number of benzene rings is 5. The highest BCUT2D eigenvalue weighted by Crippen LogP contribution is 2.51. The Morgan fingerprint density at radius 3 is 1.11 bits per heavy atom. The molecule has 0 saturated carbocycles. The van der Waals surface area contributed by atoms with Crippen LogP contribution in [0.1, 0.15) is 94.8 Å². The lowest BCUT2D eigenvalue weighted by Gasteiger charge is -2.34. The van der Waals surface area contributed by atoms with Crippen molar-refractivity contribution in [3.05, 3.63) is 58.7 Å². The van der Waals surface area contributed by atoms with Crippen LogP contribution in [0.3, 0.4) is 0 Å². The third kappa shape index (κ3) is 3.91. The summed E-state index contributed by atoms with van der Waals surface area (Å²) in [7, 11) is 3.10. The molecule has 0 aliphatic carbocycles. The van der Waals surface area contributed by atoms with Gasteiger partial charge in [-0.15, -0.1) is 0 Å². The molecule has 5 aromatic rings. The molecule has 0 radical (unpaired) electrons. The molecule has 5 aromatic carbocycles. The van der Waals surface area contributed by atoms with Crippen molar-refractivity contribution in [1.82, 2.24) is 9.80 Å². The van der Waals surface area contributed by atoms with E-state index in [2.05, 4.69) is 37.5 Å². The van der Waals surface area contributed by atoms with Crippen LogP contribution in [-0.2, 0) is 0 Å². The number of nitrogens with zero attached hydrogens (tertiary/aromatic N) is 4. The molecule has 2 heterocycles. The molecule has 8 nitrogen and oxygen atoms in total. The van der Waals surface area contributed by atoms with Crippen LogP contribution in [0.5, 0.6) is 0 Å². The number of hydrogen-bond donors (Lipinski definition) is 0. The number of carbonyl (C=O) groups excluding carboxylic acids is 4. The summed E-state index contributed by atoms with van der Waals surface area (Å²) in [6, 6.07) is 11.7. The number of imide groups is 2. The number of carbonyl (C=O) groups is 4. The van der Waals surface area contributed by atoms with E-state index in [1.165, 1.54) is 9.80 Å². The van der Waals surface area contributed by atoms with Crippen molar-refractivity contribution in [2.75, 3.05) is 50.1 Å². The zero-order chi connectivity index (χ0) is 32.6. The van der Waals surface area contributed by atoms with Crippen LogP contribution < -0.4 is 9.80 Å². The maximum absolute atomic E-state index is 13.9. The van der Waals surface area contributed by atoms with Gasteiger partial charge >= 0.3 is 0 Å². The van der Waals surface area contributed by atoms with E-state index in [1.54, 1.807) is 14.1 Å². The topological polar surface area (TPSA) is 81.2 Å². The maximum Gasteiger partial charge on any atom is 0.261 e. The quantitative estimate of drug-likeness (QED) is 0.0922. The highest BCUT2D eigenvalue weighted by molar-refractivity contribution is 6.44. The van der Waals surface area contributed by atoms with Crippen molar-refractivity contribution >= 4 is 78.1 Å². The Labute approximate surface area is 268 Å². The molecule has 0 fully saturated rings. The van der Waals surface area contributed by atoms with Crippen molar-refractivity contribution in [3.8, 4) is 0 Å². The molecule has 0 bridgehead atoms. The fraction of sp³-hybridized carbons (Fsp3) is 0.368. The monoisotopic (exact) mass is 616 g/mol. The van der Waals surface area contributed by atoms with Crippen molar-refractivity contribution in [2.45, 2.75) is 53.4 Å². The Morgan fingerprint density at radius 2 is 0.783 bits per heavy atom. The minimum absolute atomic E-state index is 0.301. The van der Waals surface area contributed by atoms with E-state index in [0.29, 0.717) is 33.0 Å². The zero-order valence-electron chi connectivity index (χ0n) is 27.5. The van der Waals surface area contributed by atoms with E-state index in [9.17, 15) is 19.2 Å². The van der Waals surface area contributed by atoms with Crippen LogP contribution in [0.2, 0.25) is 0 Å². The smallest absolute Gasteiger partial charge is 0.261 e. The normalized spacial score (nSPS) is 14.7. The first kappa shape index (κ1) is 30.0. The second-order valence-electron chi connectivity index (χ2n) is 12.8. The van der Waals surface area contributed by atoms with Gasteiger partial charge in [-0.2, -0.15) is 0 Å². The third-order valence-corrected chi connectivity index (χ3v) is 9.86. The molecular weight excluding hydrogens is 576 g/mol. The van der Waals surface area contributed by atoms with Gasteiger partial charge in [0.1, 0.15) is 0 Å². The lowest BCUT2D eigenvalue weighted by atomic mass is 9.80. The van der Waals surface area contributed by atoms with Gasteiger partial charge in [-0.3, -0.25) is 29.0 Å². The van der Waals surface area contributed by atoms with E-state index >= 15 is 0 Å². The summed E-state index contributed by atoms with van der Waals surface area (Å²) in [5.41, 5.74) is 3.99.